The van der Waals surface area contributed by atoms with Crippen molar-refractivity contribution in [2.75, 3.05) is 13.7 Å². The van der Waals surface area contributed by atoms with Gasteiger partial charge < -0.3 is 15.0 Å². The Bertz CT molecular complexity index is 1170. The Kier molecular flexibility index (Phi) is 5.48. The van der Waals surface area contributed by atoms with Crippen molar-refractivity contribution in [3.8, 4) is 5.75 Å². The van der Waals surface area contributed by atoms with E-state index < -0.39 is 17.5 Å². The van der Waals surface area contributed by atoms with Gasteiger partial charge in [0.1, 0.15) is 17.4 Å². The van der Waals surface area contributed by atoms with Crippen LogP contribution in [0.1, 0.15) is 27.4 Å². The van der Waals surface area contributed by atoms with Crippen LogP contribution in [0.5, 0.6) is 5.75 Å². The predicted octanol–water partition coefficient (Wildman–Crippen LogP) is 5.02. The molecule has 0 fully saturated rings. The number of aromatic nitrogens is 1. The summed E-state index contributed by atoms with van der Waals surface area (Å²) in [6.07, 6.45) is 1.92. The molecule has 0 saturated carbocycles. The topological polar surface area (TPSA) is 54.1 Å². The number of carbonyl (C=O) groups is 1. The molecule has 1 aromatic heterocycles. The molecule has 0 bridgehead atoms. The van der Waals surface area contributed by atoms with Crippen LogP contribution in [0.2, 0.25) is 0 Å². The molecule has 2 N–H and O–H groups in total. The third-order valence-electron chi connectivity index (χ3n) is 5.11. The Morgan fingerprint density at radius 2 is 1.73 bits per heavy atom. The Morgan fingerprint density at radius 1 is 1.03 bits per heavy atom. The molecule has 1 unspecified atom stereocenters. The monoisotopic (exact) mass is 406 g/mol. The maximum absolute atomic E-state index is 13.5. The van der Waals surface area contributed by atoms with Crippen LogP contribution in [0.15, 0.2) is 72.9 Å². The van der Waals surface area contributed by atoms with Crippen LogP contribution in [-0.2, 0) is 0 Å². The molecule has 152 valence electrons. The average Bonchev–Trinajstić information content (AvgIpc) is 3.17. The van der Waals surface area contributed by atoms with E-state index in [2.05, 4.69) is 10.3 Å². The van der Waals surface area contributed by atoms with Crippen LogP contribution in [0.25, 0.3) is 10.9 Å². The molecule has 4 nitrogen and oxygen atoms in total. The van der Waals surface area contributed by atoms with Gasteiger partial charge in [0.25, 0.3) is 5.91 Å². The molecule has 0 saturated heterocycles. The Morgan fingerprint density at radius 3 is 2.43 bits per heavy atom. The van der Waals surface area contributed by atoms with Crippen molar-refractivity contribution in [2.24, 2.45) is 0 Å². The number of aromatic amines is 1. The molecule has 0 spiro atoms. The highest BCUT2D eigenvalue weighted by molar-refractivity contribution is 5.94. The molecule has 0 aliphatic carbocycles. The van der Waals surface area contributed by atoms with Gasteiger partial charge in [-0.2, -0.15) is 0 Å². The van der Waals surface area contributed by atoms with Gasteiger partial charge >= 0.3 is 0 Å². The van der Waals surface area contributed by atoms with Gasteiger partial charge in [0.05, 0.1) is 7.11 Å². The van der Waals surface area contributed by atoms with E-state index in [0.717, 1.165) is 46.0 Å². The SMILES string of the molecule is COc1ccc(C(CNC(=O)c2cc(F)cc(F)c2)c2c[nH]c3ccccc23)cc1. The summed E-state index contributed by atoms with van der Waals surface area (Å²) >= 11 is 0. The predicted molar refractivity (Wildman–Crippen MR) is 112 cm³/mol. The molecule has 1 atom stereocenters. The highest BCUT2D eigenvalue weighted by Gasteiger charge is 2.20. The quantitative estimate of drug-likeness (QED) is 0.473. The summed E-state index contributed by atoms with van der Waals surface area (Å²) in [6.45, 7) is 0.255. The molecule has 30 heavy (non-hydrogen) atoms. The first-order valence-corrected chi connectivity index (χ1v) is 9.49. The normalized spacial score (nSPS) is 12.0. The fraction of sp³-hybridized carbons (Fsp3) is 0.125. The van der Waals surface area contributed by atoms with Crippen LogP contribution in [0, 0.1) is 11.6 Å². The number of hydrogen-bond donors (Lipinski definition) is 2. The van der Waals surface area contributed by atoms with Crippen LogP contribution in [-0.4, -0.2) is 24.5 Å². The van der Waals surface area contributed by atoms with Gasteiger partial charge in [-0.05, 0) is 41.5 Å². The lowest BCUT2D eigenvalue weighted by Crippen LogP contribution is -2.29. The van der Waals surface area contributed by atoms with Gasteiger partial charge in [-0.3, -0.25) is 4.79 Å². The van der Waals surface area contributed by atoms with E-state index in [1.807, 2.05) is 54.7 Å². The van der Waals surface area contributed by atoms with Gasteiger partial charge in [0.2, 0.25) is 0 Å². The fourth-order valence-corrected chi connectivity index (χ4v) is 3.61. The lowest BCUT2D eigenvalue weighted by Gasteiger charge is -2.19. The minimum atomic E-state index is -0.788. The second-order valence-corrected chi connectivity index (χ2v) is 6.98. The summed E-state index contributed by atoms with van der Waals surface area (Å²) in [5.41, 5.74) is 2.93. The molecule has 0 aliphatic rings. The molecule has 6 heteroatoms. The number of amides is 1. The summed E-state index contributed by atoms with van der Waals surface area (Å²) in [5.74, 6) is -1.55. The van der Waals surface area contributed by atoms with Crippen molar-refractivity contribution in [2.45, 2.75) is 5.92 Å². The smallest absolute Gasteiger partial charge is 0.251 e. The summed E-state index contributed by atoms with van der Waals surface area (Å²) in [7, 11) is 1.60. The van der Waals surface area contributed by atoms with E-state index in [1.165, 1.54) is 0 Å². The number of fused-ring (bicyclic) bond motifs is 1. The zero-order valence-corrected chi connectivity index (χ0v) is 16.3. The highest BCUT2D eigenvalue weighted by Crippen LogP contribution is 2.31. The van der Waals surface area contributed by atoms with Gasteiger partial charge in [-0.15, -0.1) is 0 Å². The molecule has 4 aromatic rings. The molecule has 3 aromatic carbocycles. The van der Waals surface area contributed by atoms with Gasteiger partial charge in [0, 0.05) is 41.2 Å². The lowest BCUT2D eigenvalue weighted by molar-refractivity contribution is 0.0951. The van der Waals surface area contributed by atoms with Crippen LogP contribution >= 0.6 is 0 Å². The van der Waals surface area contributed by atoms with Crippen LogP contribution < -0.4 is 10.1 Å². The number of nitrogens with one attached hydrogen (secondary N) is 2. The van der Waals surface area contributed by atoms with Gasteiger partial charge in [0.15, 0.2) is 0 Å². The van der Waals surface area contributed by atoms with E-state index in [-0.39, 0.29) is 18.0 Å². The molecular formula is C24H20F2N2O2. The van der Waals surface area contributed by atoms with Crippen molar-refractivity contribution >= 4 is 16.8 Å². The van der Waals surface area contributed by atoms with E-state index >= 15 is 0 Å². The summed E-state index contributed by atoms with van der Waals surface area (Å²) in [6, 6.07) is 18.3. The number of ether oxygens (including phenoxy) is 1. The van der Waals surface area contributed by atoms with Crippen LogP contribution in [0.3, 0.4) is 0 Å². The molecule has 4 rings (SSSR count). The molecule has 1 amide bonds. The standard InChI is InChI=1S/C24H20F2N2O2/c1-30-19-8-6-15(7-9-19)21(22-14-27-23-5-3-2-4-20(22)23)13-28-24(29)16-10-17(25)12-18(26)11-16/h2-12,14,21,27H,13H2,1H3,(H,28,29). The number of rotatable bonds is 6. The summed E-state index contributed by atoms with van der Waals surface area (Å²) in [5, 5.41) is 3.86. The third-order valence-corrected chi connectivity index (χ3v) is 5.11. The van der Waals surface area contributed by atoms with Crippen molar-refractivity contribution in [3.63, 3.8) is 0 Å². The minimum Gasteiger partial charge on any atom is -0.497 e. The van der Waals surface area contributed by atoms with Crippen molar-refractivity contribution in [3.05, 3.63) is 101 Å². The third kappa shape index (κ3) is 4.03. The first kappa shape index (κ1) is 19.6. The minimum absolute atomic E-state index is 0.0556. The van der Waals surface area contributed by atoms with Crippen molar-refractivity contribution in [1.29, 1.82) is 0 Å². The first-order chi connectivity index (χ1) is 14.5. The second-order valence-electron chi connectivity index (χ2n) is 6.98. The maximum atomic E-state index is 13.5. The number of H-pyrrole nitrogens is 1. The fourth-order valence-electron chi connectivity index (χ4n) is 3.61. The molecular weight excluding hydrogens is 386 g/mol. The largest absolute Gasteiger partial charge is 0.497 e. The molecule has 1 heterocycles. The van der Waals surface area contributed by atoms with E-state index in [9.17, 15) is 13.6 Å². The Hall–Kier alpha value is -3.67. The number of halogens is 2. The number of hydrogen-bond acceptors (Lipinski definition) is 2. The average molecular weight is 406 g/mol. The zero-order valence-electron chi connectivity index (χ0n) is 16.3. The Balaban J connectivity index is 1.65. The highest BCUT2D eigenvalue weighted by atomic mass is 19.1. The summed E-state index contributed by atoms with van der Waals surface area (Å²) in [4.78, 5) is 15.8. The van der Waals surface area contributed by atoms with E-state index in [1.54, 1.807) is 7.11 Å². The zero-order chi connectivity index (χ0) is 21.1. The number of methoxy groups -OCH3 is 1. The maximum Gasteiger partial charge on any atom is 0.251 e. The number of carbonyl (C=O) groups excluding carboxylic acids is 1. The number of benzene rings is 3. The second kappa shape index (κ2) is 8.37. The van der Waals surface area contributed by atoms with E-state index in [4.69, 9.17) is 4.74 Å². The van der Waals surface area contributed by atoms with Crippen molar-refractivity contribution < 1.29 is 18.3 Å². The van der Waals surface area contributed by atoms with Gasteiger partial charge in [-0.25, -0.2) is 8.78 Å². The number of para-hydroxylation sites is 1. The lowest BCUT2D eigenvalue weighted by atomic mass is 9.90. The Labute approximate surface area is 172 Å². The molecule has 0 radical (unpaired) electrons. The molecule has 0 aliphatic heterocycles. The van der Waals surface area contributed by atoms with Crippen molar-refractivity contribution in [1.82, 2.24) is 10.3 Å². The first-order valence-electron chi connectivity index (χ1n) is 9.49. The van der Waals surface area contributed by atoms with Gasteiger partial charge in [-0.1, -0.05) is 30.3 Å². The summed E-state index contributed by atoms with van der Waals surface area (Å²) < 4.78 is 32.2. The van der Waals surface area contributed by atoms with Crippen LogP contribution in [0.4, 0.5) is 8.78 Å². The van der Waals surface area contributed by atoms with E-state index in [0.29, 0.717) is 0 Å².